The molecule has 0 saturated heterocycles. The second-order valence-electron chi connectivity index (χ2n) is 4.38. The molecule has 84 valence electrons. The Morgan fingerprint density at radius 3 is 2.39 bits per heavy atom. The van der Waals surface area contributed by atoms with Crippen LogP contribution in [0.15, 0.2) is 60.9 Å². The SMILES string of the molecule is c1ccc2c(c1)ncc1ccc3ncccc3c12. The molecule has 0 amide bonds. The number of para-hydroxylation sites is 1. The third-order valence-electron chi connectivity index (χ3n) is 3.33. The summed E-state index contributed by atoms with van der Waals surface area (Å²) in [5.41, 5.74) is 2.06. The Balaban J connectivity index is 2.38. The Kier molecular flexibility index (Phi) is 1.86. The Labute approximate surface area is 104 Å². The zero-order valence-corrected chi connectivity index (χ0v) is 9.67. The van der Waals surface area contributed by atoms with Gasteiger partial charge in [-0.2, -0.15) is 0 Å². The summed E-state index contributed by atoms with van der Waals surface area (Å²) in [4.78, 5) is 8.91. The lowest BCUT2D eigenvalue weighted by molar-refractivity contribution is 1.41. The molecule has 0 aliphatic heterocycles. The van der Waals surface area contributed by atoms with E-state index in [0.29, 0.717) is 0 Å². The van der Waals surface area contributed by atoms with E-state index in [-0.39, 0.29) is 0 Å². The standard InChI is InChI=1S/C16H10N2/c1-2-6-14-12(4-1)16-11(10-18-14)7-8-15-13(16)5-3-9-17-15/h1-10H. The van der Waals surface area contributed by atoms with Crippen LogP contribution in [-0.4, -0.2) is 9.97 Å². The zero-order chi connectivity index (χ0) is 11.9. The summed E-state index contributed by atoms with van der Waals surface area (Å²) in [6.45, 7) is 0. The second-order valence-corrected chi connectivity index (χ2v) is 4.38. The fraction of sp³-hybridized carbons (Fsp3) is 0. The number of pyridine rings is 2. The fourth-order valence-electron chi connectivity index (χ4n) is 2.51. The summed E-state index contributed by atoms with van der Waals surface area (Å²) in [7, 11) is 0. The minimum Gasteiger partial charge on any atom is -0.256 e. The van der Waals surface area contributed by atoms with Crippen molar-refractivity contribution in [3.63, 3.8) is 0 Å². The highest BCUT2D eigenvalue weighted by molar-refractivity contribution is 6.18. The molecule has 0 bridgehead atoms. The highest BCUT2D eigenvalue weighted by atomic mass is 14.7. The van der Waals surface area contributed by atoms with Gasteiger partial charge in [0.05, 0.1) is 11.0 Å². The molecular weight excluding hydrogens is 220 g/mol. The van der Waals surface area contributed by atoms with Crippen molar-refractivity contribution in [2.45, 2.75) is 0 Å². The van der Waals surface area contributed by atoms with Crippen molar-refractivity contribution >= 4 is 32.6 Å². The number of rotatable bonds is 0. The molecule has 2 nitrogen and oxygen atoms in total. The number of aromatic nitrogens is 2. The van der Waals surface area contributed by atoms with Crippen molar-refractivity contribution in [1.29, 1.82) is 0 Å². The number of nitrogens with zero attached hydrogens (tertiary/aromatic N) is 2. The van der Waals surface area contributed by atoms with Gasteiger partial charge >= 0.3 is 0 Å². The van der Waals surface area contributed by atoms with Crippen molar-refractivity contribution in [3.05, 3.63) is 60.9 Å². The van der Waals surface area contributed by atoms with Crippen molar-refractivity contribution in [3.8, 4) is 0 Å². The Morgan fingerprint density at radius 1 is 0.667 bits per heavy atom. The normalized spacial score (nSPS) is 11.3. The van der Waals surface area contributed by atoms with Crippen LogP contribution in [0.4, 0.5) is 0 Å². The van der Waals surface area contributed by atoms with Gasteiger partial charge in [0, 0.05) is 33.9 Å². The molecule has 0 unspecified atom stereocenters. The Morgan fingerprint density at radius 2 is 1.44 bits per heavy atom. The van der Waals surface area contributed by atoms with Gasteiger partial charge in [-0.05, 0) is 18.2 Å². The maximum Gasteiger partial charge on any atom is 0.0708 e. The second kappa shape index (κ2) is 3.50. The molecule has 2 heterocycles. The van der Waals surface area contributed by atoms with Crippen LogP contribution in [0.25, 0.3) is 32.6 Å². The fourth-order valence-corrected chi connectivity index (χ4v) is 2.51. The summed E-state index contributed by atoms with van der Waals surface area (Å²) < 4.78 is 0. The van der Waals surface area contributed by atoms with E-state index in [1.807, 2.05) is 36.7 Å². The van der Waals surface area contributed by atoms with Crippen LogP contribution in [0.3, 0.4) is 0 Å². The lowest BCUT2D eigenvalue weighted by atomic mass is 10.0. The molecule has 0 N–H and O–H groups in total. The van der Waals surface area contributed by atoms with Gasteiger partial charge in [-0.25, -0.2) is 0 Å². The van der Waals surface area contributed by atoms with Crippen LogP contribution in [-0.2, 0) is 0 Å². The van der Waals surface area contributed by atoms with E-state index in [1.165, 1.54) is 16.2 Å². The largest absolute Gasteiger partial charge is 0.256 e. The first-order valence-electron chi connectivity index (χ1n) is 5.95. The number of hydrogen-bond acceptors (Lipinski definition) is 2. The quantitative estimate of drug-likeness (QED) is 0.428. The molecule has 0 spiro atoms. The average molecular weight is 230 g/mol. The molecule has 0 saturated carbocycles. The van der Waals surface area contributed by atoms with E-state index >= 15 is 0 Å². The average Bonchev–Trinajstić information content (AvgIpc) is 2.46. The molecule has 0 radical (unpaired) electrons. The van der Waals surface area contributed by atoms with Crippen LogP contribution >= 0.6 is 0 Å². The third kappa shape index (κ3) is 1.23. The van der Waals surface area contributed by atoms with E-state index < -0.39 is 0 Å². The summed E-state index contributed by atoms with van der Waals surface area (Å²) in [6.07, 6.45) is 3.77. The lowest BCUT2D eigenvalue weighted by Crippen LogP contribution is -1.85. The van der Waals surface area contributed by atoms with Gasteiger partial charge in [0.1, 0.15) is 0 Å². The van der Waals surface area contributed by atoms with E-state index in [1.54, 1.807) is 0 Å². The Bertz CT molecular complexity index is 811. The first-order chi connectivity index (χ1) is 8.93. The smallest absolute Gasteiger partial charge is 0.0708 e. The van der Waals surface area contributed by atoms with Gasteiger partial charge in [-0.1, -0.05) is 30.3 Å². The molecule has 2 aromatic heterocycles. The minimum absolute atomic E-state index is 1.03. The highest BCUT2D eigenvalue weighted by Gasteiger charge is 2.05. The van der Waals surface area contributed by atoms with E-state index in [9.17, 15) is 0 Å². The number of benzene rings is 2. The Hall–Kier alpha value is -2.48. The van der Waals surface area contributed by atoms with Gasteiger partial charge in [0.25, 0.3) is 0 Å². The predicted octanol–water partition coefficient (Wildman–Crippen LogP) is 3.94. The summed E-state index contributed by atoms with van der Waals surface area (Å²) in [6, 6.07) is 16.5. The van der Waals surface area contributed by atoms with Gasteiger partial charge in [0.2, 0.25) is 0 Å². The van der Waals surface area contributed by atoms with E-state index in [0.717, 1.165) is 16.4 Å². The van der Waals surface area contributed by atoms with Crippen LogP contribution in [0.5, 0.6) is 0 Å². The molecule has 0 aliphatic rings. The minimum atomic E-state index is 1.03. The van der Waals surface area contributed by atoms with E-state index in [4.69, 9.17) is 0 Å². The topological polar surface area (TPSA) is 25.8 Å². The van der Waals surface area contributed by atoms with Crippen molar-refractivity contribution < 1.29 is 0 Å². The maximum atomic E-state index is 4.50. The summed E-state index contributed by atoms with van der Waals surface area (Å²) >= 11 is 0. The lowest BCUT2D eigenvalue weighted by Gasteiger charge is -2.06. The number of hydrogen-bond donors (Lipinski definition) is 0. The number of fused-ring (bicyclic) bond motifs is 5. The zero-order valence-electron chi connectivity index (χ0n) is 9.67. The van der Waals surface area contributed by atoms with Gasteiger partial charge in [-0.15, -0.1) is 0 Å². The molecule has 4 rings (SSSR count). The van der Waals surface area contributed by atoms with Gasteiger partial charge in [-0.3, -0.25) is 9.97 Å². The van der Waals surface area contributed by atoms with Crippen molar-refractivity contribution in [1.82, 2.24) is 9.97 Å². The third-order valence-corrected chi connectivity index (χ3v) is 3.33. The summed E-state index contributed by atoms with van der Waals surface area (Å²) in [5, 5.41) is 4.78. The maximum absolute atomic E-state index is 4.50. The monoisotopic (exact) mass is 230 g/mol. The molecule has 2 aromatic carbocycles. The highest BCUT2D eigenvalue weighted by Crippen LogP contribution is 2.29. The first kappa shape index (κ1) is 9.54. The van der Waals surface area contributed by atoms with Crippen LogP contribution in [0, 0.1) is 0 Å². The molecule has 18 heavy (non-hydrogen) atoms. The molecule has 0 atom stereocenters. The van der Waals surface area contributed by atoms with Crippen molar-refractivity contribution in [2.75, 3.05) is 0 Å². The predicted molar refractivity (Wildman–Crippen MR) is 74.6 cm³/mol. The molecule has 2 heteroatoms. The van der Waals surface area contributed by atoms with Crippen LogP contribution in [0.1, 0.15) is 0 Å². The molecule has 0 aliphatic carbocycles. The molecular formula is C16H10N2. The molecule has 4 aromatic rings. The van der Waals surface area contributed by atoms with Gasteiger partial charge < -0.3 is 0 Å². The van der Waals surface area contributed by atoms with Crippen molar-refractivity contribution in [2.24, 2.45) is 0 Å². The van der Waals surface area contributed by atoms with Crippen LogP contribution in [0.2, 0.25) is 0 Å². The van der Waals surface area contributed by atoms with E-state index in [2.05, 4.69) is 34.2 Å². The van der Waals surface area contributed by atoms with Gasteiger partial charge in [0.15, 0.2) is 0 Å². The molecule has 0 fully saturated rings. The first-order valence-corrected chi connectivity index (χ1v) is 5.95. The van der Waals surface area contributed by atoms with Crippen LogP contribution < -0.4 is 0 Å². The summed E-state index contributed by atoms with van der Waals surface area (Å²) in [5.74, 6) is 0.